The van der Waals surface area contributed by atoms with E-state index in [0.29, 0.717) is 5.82 Å². The van der Waals surface area contributed by atoms with Gasteiger partial charge < -0.3 is 15.4 Å². The smallest absolute Gasteiger partial charge is 0.123 e. The Balaban J connectivity index is 2.09. The van der Waals surface area contributed by atoms with E-state index in [9.17, 15) is 0 Å². The molecule has 2 rings (SSSR count). The van der Waals surface area contributed by atoms with Gasteiger partial charge in [0.15, 0.2) is 0 Å². The van der Waals surface area contributed by atoms with E-state index < -0.39 is 0 Å². The summed E-state index contributed by atoms with van der Waals surface area (Å²) in [4.78, 5) is 6.13. The lowest BCUT2D eigenvalue weighted by Crippen LogP contribution is -2.16. The van der Waals surface area contributed by atoms with Crippen LogP contribution >= 0.6 is 0 Å². The average molecular weight is 243 g/mol. The summed E-state index contributed by atoms with van der Waals surface area (Å²) in [6.07, 6.45) is 1.73. The van der Waals surface area contributed by atoms with Crippen molar-refractivity contribution >= 4 is 11.5 Å². The Morgan fingerprint density at radius 2 is 1.94 bits per heavy atom. The van der Waals surface area contributed by atoms with Crippen molar-refractivity contribution < 1.29 is 4.74 Å². The van der Waals surface area contributed by atoms with Gasteiger partial charge in [0, 0.05) is 25.5 Å². The molecule has 4 nitrogen and oxygen atoms in total. The molecule has 2 N–H and O–H groups in total. The minimum Gasteiger partial charge on any atom is -0.497 e. The van der Waals surface area contributed by atoms with E-state index in [0.717, 1.165) is 23.5 Å². The molecule has 0 amide bonds. The molecule has 0 atom stereocenters. The number of methoxy groups -OCH3 is 1. The maximum atomic E-state index is 5.66. The number of hydrogen-bond acceptors (Lipinski definition) is 4. The molecule has 0 unspecified atom stereocenters. The summed E-state index contributed by atoms with van der Waals surface area (Å²) in [5.41, 5.74) is 7.94. The van der Waals surface area contributed by atoms with Crippen LogP contribution in [0.2, 0.25) is 0 Å². The van der Waals surface area contributed by atoms with Crippen LogP contribution in [0.3, 0.4) is 0 Å². The third kappa shape index (κ3) is 2.91. The van der Waals surface area contributed by atoms with Crippen LogP contribution in [0.15, 0.2) is 42.6 Å². The maximum Gasteiger partial charge on any atom is 0.123 e. The third-order valence-electron chi connectivity index (χ3n) is 2.78. The first-order valence-corrected chi connectivity index (χ1v) is 5.74. The van der Waals surface area contributed by atoms with Crippen molar-refractivity contribution in [2.24, 2.45) is 0 Å². The molecule has 1 heterocycles. The fourth-order valence-corrected chi connectivity index (χ4v) is 1.79. The Kier molecular flexibility index (Phi) is 3.67. The predicted molar refractivity (Wildman–Crippen MR) is 73.8 cm³/mol. The van der Waals surface area contributed by atoms with Gasteiger partial charge in [-0.15, -0.1) is 0 Å². The molecule has 0 aliphatic carbocycles. The molecule has 0 saturated heterocycles. The van der Waals surface area contributed by atoms with Crippen molar-refractivity contribution in [3.8, 4) is 5.75 Å². The lowest BCUT2D eigenvalue weighted by atomic mass is 10.2. The third-order valence-corrected chi connectivity index (χ3v) is 2.78. The normalized spacial score (nSPS) is 10.1. The second-order valence-corrected chi connectivity index (χ2v) is 4.14. The van der Waals surface area contributed by atoms with Crippen LogP contribution in [0.25, 0.3) is 0 Å². The second-order valence-electron chi connectivity index (χ2n) is 4.14. The Morgan fingerprint density at radius 1 is 1.22 bits per heavy atom. The number of hydrogen-bond donors (Lipinski definition) is 1. The molecule has 94 valence electrons. The van der Waals surface area contributed by atoms with E-state index in [1.807, 2.05) is 43.4 Å². The van der Waals surface area contributed by atoms with Crippen molar-refractivity contribution in [2.75, 3.05) is 24.8 Å². The van der Waals surface area contributed by atoms with Gasteiger partial charge in [-0.05, 0) is 42.0 Å². The molecule has 1 aromatic carbocycles. The molecule has 0 bridgehead atoms. The van der Waals surface area contributed by atoms with Gasteiger partial charge in [-0.25, -0.2) is 4.98 Å². The summed E-state index contributed by atoms with van der Waals surface area (Å²) in [6.45, 7) is 0.791. The number of benzene rings is 1. The van der Waals surface area contributed by atoms with Crippen LogP contribution in [0.5, 0.6) is 5.75 Å². The Morgan fingerprint density at radius 3 is 2.56 bits per heavy atom. The first-order chi connectivity index (χ1) is 8.69. The first kappa shape index (κ1) is 12.2. The summed E-state index contributed by atoms with van der Waals surface area (Å²) in [7, 11) is 3.71. The minimum absolute atomic E-state index is 0.552. The summed E-state index contributed by atoms with van der Waals surface area (Å²) in [5.74, 6) is 1.41. The van der Waals surface area contributed by atoms with E-state index in [1.165, 1.54) is 0 Å². The number of ether oxygens (including phenoxy) is 1. The highest BCUT2D eigenvalue weighted by Gasteiger charge is 2.03. The number of nitrogens with two attached hydrogens (primary N) is 1. The molecule has 0 radical (unpaired) electrons. The highest BCUT2D eigenvalue weighted by atomic mass is 16.5. The lowest BCUT2D eigenvalue weighted by molar-refractivity contribution is 0.415. The number of rotatable bonds is 4. The molecular weight excluding hydrogens is 226 g/mol. The molecular formula is C14H17N3O. The van der Waals surface area contributed by atoms with Crippen molar-refractivity contribution in [2.45, 2.75) is 6.54 Å². The molecule has 0 saturated carbocycles. The minimum atomic E-state index is 0.552. The summed E-state index contributed by atoms with van der Waals surface area (Å²) >= 11 is 0. The number of nitrogen functional groups attached to an aromatic ring is 1. The van der Waals surface area contributed by atoms with Crippen molar-refractivity contribution in [1.82, 2.24) is 4.98 Å². The van der Waals surface area contributed by atoms with Crippen molar-refractivity contribution in [3.63, 3.8) is 0 Å². The Bertz CT molecular complexity index is 511. The number of aromatic nitrogens is 1. The SMILES string of the molecule is COc1ccc(N(C)Cc2ccnc(N)c2)cc1. The summed E-state index contributed by atoms with van der Waals surface area (Å²) in [6, 6.07) is 11.8. The zero-order chi connectivity index (χ0) is 13.0. The van der Waals surface area contributed by atoms with Crippen LogP contribution in [-0.2, 0) is 6.54 Å². The van der Waals surface area contributed by atoms with Gasteiger partial charge in [0.25, 0.3) is 0 Å². The van der Waals surface area contributed by atoms with Crippen molar-refractivity contribution in [3.05, 3.63) is 48.2 Å². The zero-order valence-electron chi connectivity index (χ0n) is 10.6. The van der Waals surface area contributed by atoms with Gasteiger partial charge in [-0.2, -0.15) is 0 Å². The van der Waals surface area contributed by atoms with Crippen molar-refractivity contribution in [1.29, 1.82) is 0 Å². The fraction of sp³-hybridized carbons (Fsp3) is 0.214. The van der Waals surface area contributed by atoms with Gasteiger partial charge >= 0.3 is 0 Å². The van der Waals surface area contributed by atoms with Crippen LogP contribution in [0.4, 0.5) is 11.5 Å². The second kappa shape index (κ2) is 5.40. The average Bonchev–Trinajstić information content (AvgIpc) is 2.39. The van der Waals surface area contributed by atoms with Gasteiger partial charge in [0.1, 0.15) is 11.6 Å². The number of anilines is 2. The largest absolute Gasteiger partial charge is 0.497 e. The standard InChI is InChI=1S/C14H17N3O/c1-17(10-11-7-8-16-14(15)9-11)12-3-5-13(18-2)6-4-12/h3-9H,10H2,1-2H3,(H2,15,16). The van der Waals surface area contributed by atoms with Gasteiger partial charge in [-0.3, -0.25) is 0 Å². The maximum absolute atomic E-state index is 5.66. The number of pyridine rings is 1. The monoisotopic (exact) mass is 243 g/mol. The van der Waals surface area contributed by atoms with E-state index in [2.05, 4.69) is 9.88 Å². The predicted octanol–water partition coefficient (Wildman–Crippen LogP) is 2.31. The Labute approximate surface area is 107 Å². The van der Waals surface area contributed by atoms with Gasteiger partial charge in [0.2, 0.25) is 0 Å². The van der Waals surface area contributed by atoms with E-state index in [-0.39, 0.29) is 0 Å². The zero-order valence-corrected chi connectivity index (χ0v) is 10.6. The molecule has 0 spiro atoms. The fourth-order valence-electron chi connectivity index (χ4n) is 1.79. The molecule has 18 heavy (non-hydrogen) atoms. The van der Waals surface area contributed by atoms with Crippen LogP contribution in [0.1, 0.15) is 5.56 Å². The van der Waals surface area contributed by atoms with Crippen LogP contribution in [-0.4, -0.2) is 19.1 Å². The highest BCUT2D eigenvalue weighted by molar-refractivity contribution is 5.49. The van der Waals surface area contributed by atoms with Crippen LogP contribution < -0.4 is 15.4 Å². The van der Waals surface area contributed by atoms with Gasteiger partial charge in [-0.1, -0.05) is 0 Å². The topological polar surface area (TPSA) is 51.4 Å². The highest BCUT2D eigenvalue weighted by Crippen LogP contribution is 2.19. The molecule has 1 aromatic heterocycles. The van der Waals surface area contributed by atoms with E-state index in [4.69, 9.17) is 10.5 Å². The molecule has 0 aliphatic rings. The summed E-state index contributed by atoms with van der Waals surface area (Å²) < 4.78 is 5.14. The molecule has 2 aromatic rings. The lowest BCUT2D eigenvalue weighted by Gasteiger charge is -2.19. The number of nitrogens with zero attached hydrogens (tertiary/aromatic N) is 2. The molecule has 0 aliphatic heterocycles. The van der Waals surface area contributed by atoms with Gasteiger partial charge in [0.05, 0.1) is 7.11 Å². The van der Waals surface area contributed by atoms with E-state index in [1.54, 1.807) is 13.3 Å². The Hall–Kier alpha value is -2.23. The van der Waals surface area contributed by atoms with Crippen LogP contribution in [0, 0.1) is 0 Å². The van der Waals surface area contributed by atoms with E-state index >= 15 is 0 Å². The quantitative estimate of drug-likeness (QED) is 0.895. The summed E-state index contributed by atoms with van der Waals surface area (Å²) in [5, 5.41) is 0. The molecule has 4 heteroatoms. The first-order valence-electron chi connectivity index (χ1n) is 5.74. The molecule has 0 fully saturated rings.